The average molecular weight is 210 g/mol. The van der Waals surface area contributed by atoms with Crippen molar-refractivity contribution >= 4 is 5.97 Å². The fourth-order valence-electron chi connectivity index (χ4n) is 2.11. The number of hydrogen-bond donors (Lipinski definition) is 1. The van der Waals surface area contributed by atoms with Crippen LogP contribution in [0.25, 0.3) is 0 Å². The molecule has 1 saturated heterocycles. The largest absolute Gasteiger partial charge is 0.480 e. The molecule has 0 aromatic rings. The molecule has 1 rings (SSSR count). The molecule has 1 N–H and O–H groups in total. The average Bonchev–Trinajstić information content (AvgIpc) is 2.16. The topological polar surface area (TPSA) is 64.3 Å². The van der Waals surface area contributed by atoms with Crippen molar-refractivity contribution < 1.29 is 9.90 Å². The fourth-order valence-corrected chi connectivity index (χ4v) is 2.11. The molecule has 2 atom stereocenters. The van der Waals surface area contributed by atoms with Crippen LogP contribution in [0, 0.1) is 11.3 Å². The Morgan fingerprint density at radius 3 is 2.73 bits per heavy atom. The first-order chi connectivity index (χ1) is 7.16. The van der Waals surface area contributed by atoms with E-state index in [2.05, 4.69) is 6.07 Å². The highest BCUT2D eigenvalue weighted by atomic mass is 16.4. The smallest absolute Gasteiger partial charge is 0.320 e. The number of aliphatic carboxylic acids is 1. The van der Waals surface area contributed by atoms with E-state index in [1.807, 2.05) is 4.90 Å². The Bertz CT molecular complexity index is 260. The second-order valence-corrected chi connectivity index (χ2v) is 4.10. The second kappa shape index (κ2) is 5.72. The summed E-state index contributed by atoms with van der Waals surface area (Å²) >= 11 is 0. The maximum Gasteiger partial charge on any atom is 0.320 e. The predicted octanol–water partition coefficient (Wildman–Crippen LogP) is 1.62. The molecule has 0 aromatic heterocycles. The molecule has 2 unspecified atom stereocenters. The van der Waals surface area contributed by atoms with Crippen LogP contribution in [0.3, 0.4) is 0 Å². The highest BCUT2D eigenvalue weighted by Gasteiger charge is 2.29. The van der Waals surface area contributed by atoms with Gasteiger partial charge in [-0.2, -0.15) is 5.26 Å². The number of nitriles is 1. The van der Waals surface area contributed by atoms with Gasteiger partial charge in [0, 0.05) is 6.54 Å². The van der Waals surface area contributed by atoms with Gasteiger partial charge in [0.15, 0.2) is 0 Å². The van der Waals surface area contributed by atoms with Crippen LogP contribution < -0.4 is 0 Å². The van der Waals surface area contributed by atoms with Crippen LogP contribution in [0.5, 0.6) is 0 Å². The molecule has 0 bridgehead atoms. The molecule has 0 spiro atoms. The summed E-state index contributed by atoms with van der Waals surface area (Å²) in [4.78, 5) is 12.9. The Hall–Kier alpha value is -1.08. The van der Waals surface area contributed by atoms with E-state index in [-0.39, 0.29) is 6.04 Å². The lowest BCUT2D eigenvalue weighted by molar-refractivity contribution is -0.144. The van der Waals surface area contributed by atoms with Crippen molar-refractivity contribution in [2.75, 3.05) is 6.54 Å². The summed E-state index contributed by atoms with van der Waals surface area (Å²) in [5.41, 5.74) is 0. The third kappa shape index (κ3) is 3.21. The van der Waals surface area contributed by atoms with Crippen molar-refractivity contribution in [2.45, 2.75) is 51.1 Å². The monoisotopic (exact) mass is 210 g/mol. The normalized spacial score (nSPS) is 26.0. The Labute approximate surface area is 90.5 Å². The van der Waals surface area contributed by atoms with Gasteiger partial charge in [-0.3, -0.25) is 9.69 Å². The Morgan fingerprint density at radius 1 is 1.47 bits per heavy atom. The van der Waals surface area contributed by atoms with Gasteiger partial charge in [0.1, 0.15) is 6.04 Å². The van der Waals surface area contributed by atoms with E-state index in [0.717, 1.165) is 32.2 Å². The molecule has 0 radical (unpaired) electrons. The molecule has 15 heavy (non-hydrogen) atoms. The van der Waals surface area contributed by atoms with Crippen LogP contribution in [0.4, 0.5) is 0 Å². The highest BCUT2D eigenvalue weighted by molar-refractivity contribution is 5.73. The van der Waals surface area contributed by atoms with E-state index in [1.165, 1.54) is 0 Å². The van der Waals surface area contributed by atoms with Crippen LogP contribution in [0.1, 0.15) is 39.0 Å². The molecule has 4 heteroatoms. The number of carboxylic acid groups (broad SMARTS) is 1. The molecule has 84 valence electrons. The second-order valence-electron chi connectivity index (χ2n) is 4.10. The SMILES string of the molecule is CC(C#N)N1CCCCCCC1C(=O)O. The summed E-state index contributed by atoms with van der Waals surface area (Å²) in [6.07, 6.45) is 4.86. The first kappa shape index (κ1) is 12.0. The Kier molecular flexibility index (Phi) is 4.57. The summed E-state index contributed by atoms with van der Waals surface area (Å²) in [5, 5.41) is 18.0. The van der Waals surface area contributed by atoms with Gasteiger partial charge in [0.25, 0.3) is 0 Å². The third-order valence-corrected chi connectivity index (χ3v) is 3.01. The van der Waals surface area contributed by atoms with E-state index in [0.29, 0.717) is 6.42 Å². The summed E-state index contributed by atoms with van der Waals surface area (Å²) in [5.74, 6) is -0.793. The van der Waals surface area contributed by atoms with Gasteiger partial charge >= 0.3 is 5.97 Å². The molecule has 1 fully saturated rings. The fraction of sp³-hybridized carbons (Fsp3) is 0.818. The quantitative estimate of drug-likeness (QED) is 0.752. The molecular formula is C11H18N2O2. The van der Waals surface area contributed by atoms with Crippen molar-refractivity contribution in [1.29, 1.82) is 5.26 Å². The van der Waals surface area contributed by atoms with Gasteiger partial charge in [-0.25, -0.2) is 0 Å². The van der Waals surface area contributed by atoms with Gasteiger partial charge in [0.2, 0.25) is 0 Å². The third-order valence-electron chi connectivity index (χ3n) is 3.01. The standard InChI is InChI=1S/C11H18N2O2/c1-9(8-12)13-7-5-3-2-4-6-10(13)11(14)15/h9-10H,2-7H2,1H3,(H,14,15). The van der Waals surface area contributed by atoms with Crippen LogP contribution in [-0.2, 0) is 4.79 Å². The van der Waals surface area contributed by atoms with E-state index < -0.39 is 12.0 Å². The minimum Gasteiger partial charge on any atom is -0.480 e. The lowest BCUT2D eigenvalue weighted by Gasteiger charge is -2.32. The minimum absolute atomic E-state index is 0.302. The summed E-state index contributed by atoms with van der Waals surface area (Å²) in [7, 11) is 0. The number of likely N-dealkylation sites (tertiary alicyclic amines) is 1. The molecule has 1 aliphatic rings. The molecule has 1 heterocycles. The number of nitrogens with zero attached hydrogens (tertiary/aromatic N) is 2. The van der Waals surface area contributed by atoms with Crippen molar-refractivity contribution in [2.24, 2.45) is 0 Å². The lowest BCUT2D eigenvalue weighted by atomic mass is 10.0. The van der Waals surface area contributed by atoms with E-state index >= 15 is 0 Å². The zero-order chi connectivity index (χ0) is 11.3. The summed E-state index contributed by atoms with van der Waals surface area (Å²) in [6.45, 7) is 2.50. The number of hydrogen-bond acceptors (Lipinski definition) is 3. The van der Waals surface area contributed by atoms with Crippen molar-refractivity contribution in [3.05, 3.63) is 0 Å². The van der Waals surface area contributed by atoms with Gasteiger partial charge in [-0.05, 0) is 19.8 Å². The lowest BCUT2D eigenvalue weighted by Crippen LogP contribution is -2.46. The maximum atomic E-state index is 11.1. The zero-order valence-electron chi connectivity index (χ0n) is 9.15. The number of carbonyl (C=O) groups is 1. The first-order valence-electron chi connectivity index (χ1n) is 5.55. The van der Waals surface area contributed by atoms with Crippen LogP contribution >= 0.6 is 0 Å². The summed E-state index contributed by atoms with van der Waals surface area (Å²) < 4.78 is 0. The molecule has 0 aromatic carbocycles. The van der Waals surface area contributed by atoms with Crippen molar-refractivity contribution in [3.63, 3.8) is 0 Å². The molecule has 4 nitrogen and oxygen atoms in total. The molecule has 0 aliphatic carbocycles. The van der Waals surface area contributed by atoms with Gasteiger partial charge in [0.05, 0.1) is 12.1 Å². The molecule has 1 aliphatic heterocycles. The molecule has 0 amide bonds. The van der Waals surface area contributed by atoms with E-state index in [4.69, 9.17) is 10.4 Å². The van der Waals surface area contributed by atoms with Crippen LogP contribution in [0.15, 0.2) is 0 Å². The summed E-state index contributed by atoms with van der Waals surface area (Å²) in [6, 6.07) is 1.36. The van der Waals surface area contributed by atoms with E-state index in [1.54, 1.807) is 6.92 Å². The zero-order valence-corrected chi connectivity index (χ0v) is 9.15. The predicted molar refractivity (Wildman–Crippen MR) is 56.3 cm³/mol. The number of rotatable bonds is 2. The van der Waals surface area contributed by atoms with Crippen LogP contribution in [-0.4, -0.2) is 34.6 Å². The molecule has 0 saturated carbocycles. The Balaban J connectivity index is 2.73. The van der Waals surface area contributed by atoms with Crippen LogP contribution in [0.2, 0.25) is 0 Å². The van der Waals surface area contributed by atoms with Gasteiger partial charge < -0.3 is 5.11 Å². The highest BCUT2D eigenvalue weighted by Crippen LogP contribution is 2.18. The maximum absolute atomic E-state index is 11.1. The minimum atomic E-state index is -0.793. The van der Waals surface area contributed by atoms with Crippen molar-refractivity contribution in [3.8, 4) is 6.07 Å². The molecular weight excluding hydrogens is 192 g/mol. The van der Waals surface area contributed by atoms with E-state index in [9.17, 15) is 4.79 Å². The van der Waals surface area contributed by atoms with Gasteiger partial charge in [-0.1, -0.05) is 19.3 Å². The Morgan fingerprint density at radius 2 is 2.13 bits per heavy atom. The van der Waals surface area contributed by atoms with Crippen molar-refractivity contribution in [1.82, 2.24) is 4.90 Å². The van der Waals surface area contributed by atoms with Gasteiger partial charge in [-0.15, -0.1) is 0 Å². The number of carboxylic acids is 1. The first-order valence-corrected chi connectivity index (χ1v) is 5.55.